The molecule has 2 aromatic carbocycles. The summed E-state index contributed by atoms with van der Waals surface area (Å²) < 4.78 is 0. The lowest BCUT2D eigenvalue weighted by Gasteiger charge is -2.35. The van der Waals surface area contributed by atoms with Crippen LogP contribution >= 0.6 is 23.2 Å². The van der Waals surface area contributed by atoms with Crippen LogP contribution in [-0.4, -0.2) is 41.9 Å². The van der Waals surface area contributed by atoms with Crippen LogP contribution in [0.5, 0.6) is 0 Å². The van der Waals surface area contributed by atoms with Crippen LogP contribution < -0.4 is 4.90 Å². The Morgan fingerprint density at radius 2 is 1.56 bits per heavy atom. The third kappa shape index (κ3) is 3.86. The van der Waals surface area contributed by atoms with E-state index in [2.05, 4.69) is 0 Å². The van der Waals surface area contributed by atoms with E-state index in [0.29, 0.717) is 47.5 Å². The zero-order chi connectivity index (χ0) is 18.0. The summed E-state index contributed by atoms with van der Waals surface area (Å²) in [5.74, 6) is -0.0677. The fraction of sp³-hybridized carbons (Fsp3) is 0.235. The van der Waals surface area contributed by atoms with E-state index in [1.54, 1.807) is 41.3 Å². The van der Waals surface area contributed by atoms with Crippen molar-refractivity contribution >= 4 is 40.5 Å². The van der Waals surface area contributed by atoms with Gasteiger partial charge in [-0.3, -0.25) is 14.9 Å². The molecule has 1 heterocycles. The molecule has 0 spiro atoms. The number of halogens is 2. The molecule has 8 heteroatoms. The molecule has 0 radical (unpaired) electrons. The Labute approximate surface area is 154 Å². The minimum absolute atomic E-state index is 0.0232. The van der Waals surface area contributed by atoms with E-state index in [1.807, 2.05) is 4.90 Å². The second-order valence-corrected chi connectivity index (χ2v) is 6.55. The lowest BCUT2D eigenvalue weighted by Crippen LogP contribution is -2.48. The van der Waals surface area contributed by atoms with Crippen LogP contribution in [0.1, 0.15) is 10.4 Å². The smallest absolute Gasteiger partial charge is 0.294 e. The first-order valence-corrected chi connectivity index (χ1v) is 8.45. The van der Waals surface area contributed by atoms with Crippen LogP contribution in [0, 0.1) is 10.1 Å². The summed E-state index contributed by atoms with van der Waals surface area (Å²) in [7, 11) is 0. The molecule has 0 aliphatic carbocycles. The molecule has 0 saturated carbocycles. The van der Waals surface area contributed by atoms with Crippen molar-refractivity contribution in [2.75, 3.05) is 31.1 Å². The third-order valence-corrected chi connectivity index (χ3v) is 4.62. The first kappa shape index (κ1) is 17.5. The highest BCUT2D eigenvalue weighted by molar-refractivity contribution is 6.31. The number of nitrogens with zero attached hydrogens (tertiary/aromatic N) is 3. The summed E-state index contributed by atoms with van der Waals surface area (Å²) in [6.45, 7) is 2.01. The Morgan fingerprint density at radius 1 is 0.960 bits per heavy atom. The Hall–Kier alpha value is -2.31. The minimum atomic E-state index is -0.438. The molecule has 0 bridgehead atoms. The molecule has 0 aromatic heterocycles. The van der Waals surface area contributed by atoms with Gasteiger partial charge in [0.05, 0.1) is 4.92 Å². The topological polar surface area (TPSA) is 66.7 Å². The normalized spacial score (nSPS) is 14.5. The van der Waals surface area contributed by atoms with Gasteiger partial charge in [-0.1, -0.05) is 23.2 Å². The Bertz CT molecular complexity index is 803. The van der Waals surface area contributed by atoms with Gasteiger partial charge < -0.3 is 9.80 Å². The fourth-order valence-corrected chi connectivity index (χ4v) is 3.13. The average Bonchev–Trinajstić information content (AvgIpc) is 2.62. The van der Waals surface area contributed by atoms with E-state index in [9.17, 15) is 14.9 Å². The number of carbonyl (C=O) groups is 1. The number of carbonyl (C=O) groups excluding carboxylic acids is 1. The number of benzene rings is 2. The lowest BCUT2D eigenvalue weighted by molar-refractivity contribution is -0.384. The lowest BCUT2D eigenvalue weighted by atomic mass is 10.1. The van der Waals surface area contributed by atoms with Crippen LogP contribution in [0.4, 0.5) is 11.4 Å². The number of rotatable bonds is 3. The third-order valence-electron chi connectivity index (χ3n) is 4.13. The zero-order valence-electron chi connectivity index (χ0n) is 13.2. The summed E-state index contributed by atoms with van der Waals surface area (Å²) >= 11 is 11.7. The maximum absolute atomic E-state index is 12.5. The van der Waals surface area contributed by atoms with Crippen molar-refractivity contribution in [1.29, 1.82) is 0 Å². The molecule has 25 heavy (non-hydrogen) atoms. The Balaban J connectivity index is 1.71. The van der Waals surface area contributed by atoms with Crippen LogP contribution in [0.3, 0.4) is 0 Å². The second kappa shape index (κ2) is 7.29. The number of nitro groups is 1. The molecule has 1 aliphatic heterocycles. The molecule has 0 atom stereocenters. The summed E-state index contributed by atoms with van der Waals surface area (Å²) in [4.78, 5) is 27.0. The van der Waals surface area contributed by atoms with Gasteiger partial charge in [-0.15, -0.1) is 0 Å². The number of piperazine rings is 1. The van der Waals surface area contributed by atoms with Gasteiger partial charge in [0.25, 0.3) is 11.6 Å². The standard InChI is InChI=1S/C17H15Cl2N3O3/c18-13-3-1-12(2-4-13)17(23)21-9-7-20(8-10-21)15-6-5-14(19)11-16(15)22(24)25/h1-6,11H,7-10H2. The molecule has 1 aliphatic rings. The van der Waals surface area contributed by atoms with Gasteiger partial charge >= 0.3 is 0 Å². The van der Waals surface area contributed by atoms with Gasteiger partial charge in [-0.25, -0.2) is 0 Å². The van der Waals surface area contributed by atoms with Crippen LogP contribution in [-0.2, 0) is 0 Å². The highest BCUT2D eigenvalue weighted by Gasteiger charge is 2.26. The van der Waals surface area contributed by atoms with E-state index in [1.165, 1.54) is 6.07 Å². The molecule has 130 valence electrons. The summed E-state index contributed by atoms with van der Waals surface area (Å²) in [5.41, 5.74) is 1.08. The van der Waals surface area contributed by atoms with Gasteiger partial charge in [0.1, 0.15) is 5.69 Å². The quantitative estimate of drug-likeness (QED) is 0.599. The second-order valence-electron chi connectivity index (χ2n) is 5.68. The molecule has 1 fully saturated rings. The highest BCUT2D eigenvalue weighted by Crippen LogP contribution is 2.31. The van der Waals surface area contributed by atoms with E-state index < -0.39 is 4.92 Å². The van der Waals surface area contributed by atoms with Crippen molar-refractivity contribution < 1.29 is 9.72 Å². The Morgan fingerprint density at radius 3 is 2.16 bits per heavy atom. The van der Waals surface area contributed by atoms with E-state index in [4.69, 9.17) is 23.2 Å². The molecule has 3 rings (SSSR count). The van der Waals surface area contributed by atoms with Gasteiger partial charge in [-0.05, 0) is 36.4 Å². The van der Waals surface area contributed by atoms with Crippen molar-refractivity contribution in [2.24, 2.45) is 0 Å². The minimum Gasteiger partial charge on any atom is -0.362 e. The molecular weight excluding hydrogens is 365 g/mol. The molecule has 1 amide bonds. The predicted octanol–water partition coefficient (Wildman–Crippen LogP) is 3.86. The molecule has 1 saturated heterocycles. The molecule has 2 aromatic rings. The first-order valence-electron chi connectivity index (χ1n) is 7.69. The van der Waals surface area contributed by atoms with E-state index in [0.717, 1.165) is 0 Å². The number of anilines is 1. The number of amides is 1. The van der Waals surface area contributed by atoms with Crippen molar-refractivity contribution in [1.82, 2.24) is 4.90 Å². The van der Waals surface area contributed by atoms with Crippen molar-refractivity contribution in [3.05, 3.63) is 68.2 Å². The SMILES string of the molecule is O=C(c1ccc(Cl)cc1)N1CCN(c2ccc(Cl)cc2[N+](=O)[O-])CC1. The van der Waals surface area contributed by atoms with E-state index >= 15 is 0 Å². The van der Waals surface area contributed by atoms with Gasteiger partial charge in [0, 0.05) is 47.9 Å². The number of nitro benzene ring substituents is 1. The largest absolute Gasteiger partial charge is 0.362 e. The van der Waals surface area contributed by atoms with Crippen LogP contribution in [0.15, 0.2) is 42.5 Å². The van der Waals surface area contributed by atoms with Gasteiger partial charge in [0.15, 0.2) is 0 Å². The maximum atomic E-state index is 12.5. The van der Waals surface area contributed by atoms with Crippen molar-refractivity contribution in [2.45, 2.75) is 0 Å². The summed E-state index contributed by atoms with van der Waals surface area (Å²) in [6.07, 6.45) is 0. The zero-order valence-corrected chi connectivity index (χ0v) is 14.7. The molecule has 0 unspecified atom stereocenters. The molecular formula is C17H15Cl2N3O3. The van der Waals surface area contributed by atoms with Crippen molar-refractivity contribution in [3.63, 3.8) is 0 Å². The fourth-order valence-electron chi connectivity index (χ4n) is 2.84. The average molecular weight is 380 g/mol. The van der Waals surface area contributed by atoms with Crippen LogP contribution in [0.25, 0.3) is 0 Å². The number of hydrogen-bond acceptors (Lipinski definition) is 4. The first-order chi connectivity index (χ1) is 12.0. The van der Waals surface area contributed by atoms with Crippen LogP contribution in [0.2, 0.25) is 10.0 Å². The summed E-state index contributed by atoms with van der Waals surface area (Å²) in [6, 6.07) is 11.4. The monoisotopic (exact) mass is 379 g/mol. The molecule has 6 nitrogen and oxygen atoms in total. The Kier molecular flexibility index (Phi) is 5.11. The van der Waals surface area contributed by atoms with Gasteiger partial charge in [0.2, 0.25) is 0 Å². The predicted molar refractivity (Wildman–Crippen MR) is 97.7 cm³/mol. The highest BCUT2D eigenvalue weighted by atomic mass is 35.5. The summed E-state index contributed by atoms with van der Waals surface area (Å²) in [5, 5.41) is 12.2. The van der Waals surface area contributed by atoms with Gasteiger partial charge in [-0.2, -0.15) is 0 Å². The van der Waals surface area contributed by atoms with E-state index in [-0.39, 0.29) is 11.6 Å². The maximum Gasteiger partial charge on any atom is 0.294 e. The number of hydrogen-bond donors (Lipinski definition) is 0. The van der Waals surface area contributed by atoms with Crippen molar-refractivity contribution in [3.8, 4) is 0 Å². The molecule has 0 N–H and O–H groups in total.